The van der Waals surface area contributed by atoms with Crippen molar-refractivity contribution in [2.45, 2.75) is 11.6 Å². The summed E-state index contributed by atoms with van der Waals surface area (Å²) in [7, 11) is 0. The molecule has 0 N–H and O–H groups in total. The Labute approximate surface area is 97.7 Å². The third kappa shape index (κ3) is 1.69. The molecule has 0 amide bonds. The zero-order chi connectivity index (χ0) is 11.7. The lowest BCUT2D eigenvalue weighted by Gasteiger charge is -2.02. The summed E-state index contributed by atoms with van der Waals surface area (Å²) in [5.41, 5.74) is 1.02. The Hall–Kier alpha value is -1.75. The highest BCUT2D eigenvalue weighted by atomic mass is 32.1. The van der Waals surface area contributed by atoms with Crippen molar-refractivity contribution in [3.05, 3.63) is 47.0 Å². The second-order valence-corrected chi connectivity index (χ2v) is 3.86. The maximum atomic E-state index is 10.6. The standard InChI is InChI=1S/C11H10N2O2S/c1-2-5-12-10-4-3-9(13(14)15)6-8(10)7-11(12)16/h2-4,6-7,16H,1,5H2. The first kappa shape index (κ1) is 10.8. The number of hydrogen-bond acceptors (Lipinski definition) is 3. The second-order valence-electron chi connectivity index (χ2n) is 3.40. The second kappa shape index (κ2) is 4.02. The molecule has 0 atom stereocenters. The number of nitro benzene ring substituents is 1. The summed E-state index contributed by atoms with van der Waals surface area (Å²) in [6, 6.07) is 6.59. The maximum absolute atomic E-state index is 10.6. The van der Waals surface area contributed by atoms with Gasteiger partial charge in [-0.2, -0.15) is 0 Å². The van der Waals surface area contributed by atoms with E-state index in [9.17, 15) is 10.1 Å². The van der Waals surface area contributed by atoms with Gasteiger partial charge in [0.1, 0.15) is 0 Å². The fourth-order valence-corrected chi connectivity index (χ4v) is 2.01. The van der Waals surface area contributed by atoms with Crippen LogP contribution in [0, 0.1) is 10.1 Å². The monoisotopic (exact) mass is 234 g/mol. The number of hydrogen-bond donors (Lipinski definition) is 1. The van der Waals surface area contributed by atoms with E-state index in [1.54, 1.807) is 18.2 Å². The molecule has 0 aliphatic heterocycles. The Morgan fingerprint density at radius 3 is 2.88 bits per heavy atom. The molecule has 0 saturated carbocycles. The number of fused-ring (bicyclic) bond motifs is 1. The molecule has 0 bridgehead atoms. The van der Waals surface area contributed by atoms with Crippen LogP contribution in [0.1, 0.15) is 0 Å². The Bertz CT molecular complexity index is 575. The molecule has 4 nitrogen and oxygen atoms in total. The van der Waals surface area contributed by atoms with Crippen molar-refractivity contribution in [2.24, 2.45) is 0 Å². The predicted octanol–water partition coefficient (Wildman–Crippen LogP) is 3.02. The summed E-state index contributed by atoms with van der Waals surface area (Å²) in [5, 5.41) is 12.2. The van der Waals surface area contributed by atoms with Crippen LogP contribution in [0.2, 0.25) is 0 Å². The van der Waals surface area contributed by atoms with Gasteiger partial charge < -0.3 is 4.57 Å². The molecule has 16 heavy (non-hydrogen) atoms. The molecule has 2 rings (SSSR count). The van der Waals surface area contributed by atoms with Gasteiger partial charge in [-0.15, -0.1) is 19.2 Å². The van der Waals surface area contributed by atoms with Gasteiger partial charge in [-0.1, -0.05) is 6.08 Å². The lowest BCUT2D eigenvalue weighted by molar-refractivity contribution is -0.384. The zero-order valence-electron chi connectivity index (χ0n) is 8.46. The summed E-state index contributed by atoms with van der Waals surface area (Å²) in [6.45, 7) is 4.31. The van der Waals surface area contributed by atoms with Crippen LogP contribution >= 0.6 is 12.6 Å². The van der Waals surface area contributed by atoms with Gasteiger partial charge in [0.25, 0.3) is 5.69 Å². The van der Waals surface area contributed by atoms with E-state index in [-0.39, 0.29) is 5.69 Å². The van der Waals surface area contributed by atoms with E-state index in [4.69, 9.17) is 0 Å². The Balaban J connectivity index is 2.64. The van der Waals surface area contributed by atoms with Crippen molar-refractivity contribution in [1.29, 1.82) is 0 Å². The number of non-ortho nitro benzene ring substituents is 1. The molecule has 0 aliphatic rings. The molecule has 0 fully saturated rings. The van der Waals surface area contributed by atoms with Crippen LogP contribution < -0.4 is 0 Å². The van der Waals surface area contributed by atoms with Crippen molar-refractivity contribution < 1.29 is 4.92 Å². The van der Waals surface area contributed by atoms with E-state index in [0.717, 1.165) is 15.9 Å². The van der Waals surface area contributed by atoms with Crippen LogP contribution in [0.15, 0.2) is 41.9 Å². The number of nitro groups is 1. The molecule has 1 heterocycles. The van der Waals surface area contributed by atoms with Gasteiger partial charge in [0.2, 0.25) is 0 Å². The zero-order valence-corrected chi connectivity index (χ0v) is 9.35. The Morgan fingerprint density at radius 1 is 1.50 bits per heavy atom. The molecule has 0 spiro atoms. The largest absolute Gasteiger partial charge is 0.332 e. The van der Waals surface area contributed by atoms with Crippen molar-refractivity contribution in [3.8, 4) is 0 Å². The smallest absolute Gasteiger partial charge is 0.270 e. The van der Waals surface area contributed by atoms with Gasteiger partial charge in [-0.25, -0.2) is 0 Å². The number of allylic oxidation sites excluding steroid dienone is 1. The highest BCUT2D eigenvalue weighted by molar-refractivity contribution is 7.80. The third-order valence-corrected chi connectivity index (χ3v) is 2.76. The SMILES string of the molecule is C=CCn1c(S)cc2cc([N+](=O)[O-])ccc21. The minimum Gasteiger partial charge on any atom is -0.332 e. The van der Waals surface area contributed by atoms with Crippen molar-refractivity contribution in [2.75, 3.05) is 0 Å². The number of benzene rings is 1. The average Bonchev–Trinajstić information content (AvgIpc) is 2.55. The van der Waals surface area contributed by atoms with Crippen molar-refractivity contribution in [1.82, 2.24) is 4.57 Å². The Kier molecular flexibility index (Phi) is 2.70. The summed E-state index contributed by atoms with van der Waals surface area (Å²) in [5.74, 6) is 0. The topological polar surface area (TPSA) is 48.1 Å². The molecule has 82 valence electrons. The van der Waals surface area contributed by atoms with Crippen LogP contribution in [-0.2, 0) is 6.54 Å². The molecule has 0 radical (unpaired) electrons. The molecule has 0 aliphatic carbocycles. The number of rotatable bonds is 3. The van der Waals surface area contributed by atoms with Gasteiger partial charge in [-0.3, -0.25) is 10.1 Å². The Morgan fingerprint density at radius 2 is 2.25 bits per heavy atom. The van der Waals surface area contributed by atoms with E-state index in [2.05, 4.69) is 19.2 Å². The van der Waals surface area contributed by atoms with Crippen LogP contribution in [0.5, 0.6) is 0 Å². The normalized spacial score (nSPS) is 10.6. The summed E-state index contributed by atoms with van der Waals surface area (Å²) < 4.78 is 1.94. The molecular weight excluding hydrogens is 224 g/mol. The van der Waals surface area contributed by atoms with Gasteiger partial charge in [0.05, 0.1) is 9.95 Å². The van der Waals surface area contributed by atoms with Crippen LogP contribution in [0.25, 0.3) is 10.9 Å². The van der Waals surface area contributed by atoms with Gasteiger partial charge in [0.15, 0.2) is 0 Å². The van der Waals surface area contributed by atoms with Gasteiger partial charge in [-0.05, 0) is 12.1 Å². The minimum absolute atomic E-state index is 0.0941. The minimum atomic E-state index is -0.400. The predicted molar refractivity (Wildman–Crippen MR) is 66.0 cm³/mol. The van der Waals surface area contributed by atoms with Crippen LogP contribution in [0.4, 0.5) is 5.69 Å². The molecule has 5 heteroatoms. The van der Waals surface area contributed by atoms with E-state index < -0.39 is 4.92 Å². The average molecular weight is 234 g/mol. The third-order valence-electron chi connectivity index (χ3n) is 2.39. The first-order valence-corrected chi connectivity index (χ1v) is 5.15. The molecule has 2 aromatic rings. The van der Waals surface area contributed by atoms with Crippen molar-refractivity contribution >= 4 is 29.2 Å². The van der Waals surface area contributed by atoms with E-state index in [1.165, 1.54) is 6.07 Å². The summed E-state index contributed by atoms with van der Waals surface area (Å²) in [6.07, 6.45) is 1.76. The number of thiol groups is 1. The first-order valence-electron chi connectivity index (χ1n) is 4.71. The van der Waals surface area contributed by atoms with Crippen LogP contribution in [-0.4, -0.2) is 9.49 Å². The van der Waals surface area contributed by atoms with Gasteiger partial charge >= 0.3 is 0 Å². The quantitative estimate of drug-likeness (QED) is 0.384. The fourth-order valence-electron chi connectivity index (χ4n) is 1.68. The van der Waals surface area contributed by atoms with E-state index in [0.29, 0.717) is 6.54 Å². The molecule has 0 unspecified atom stereocenters. The highest BCUT2D eigenvalue weighted by Gasteiger charge is 2.10. The van der Waals surface area contributed by atoms with Crippen molar-refractivity contribution in [3.63, 3.8) is 0 Å². The number of nitrogens with zero attached hydrogens (tertiary/aromatic N) is 2. The molecule has 1 aromatic carbocycles. The molecule has 1 aromatic heterocycles. The van der Waals surface area contributed by atoms with E-state index in [1.807, 2.05) is 10.6 Å². The fraction of sp³-hybridized carbons (Fsp3) is 0.0909. The number of aromatic nitrogens is 1. The lowest BCUT2D eigenvalue weighted by atomic mass is 10.2. The van der Waals surface area contributed by atoms with Gasteiger partial charge in [0, 0.05) is 29.6 Å². The van der Waals surface area contributed by atoms with Crippen LogP contribution in [0.3, 0.4) is 0 Å². The molecular formula is C11H10N2O2S. The van der Waals surface area contributed by atoms with E-state index >= 15 is 0 Å². The lowest BCUT2D eigenvalue weighted by Crippen LogP contribution is -1.94. The first-order chi connectivity index (χ1) is 7.63. The molecule has 0 saturated heterocycles. The highest BCUT2D eigenvalue weighted by Crippen LogP contribution is 2.26. The summed E-state index contributed by atoms with van der Waals surface area (Å²) >= 11 is 4.32. The maximum Gasteiger partial charge on any atom is 0.270 e. The summed E-state index contributed by atoms with van der Waals surface area (Å²) in [4.78, 5) is 10.2.